The minimum absolute atomic E-state index is 0. The van der Waals surface area contributed by atoms with Crippen LogP contribution in [0.4, 0.5) is 0 Å². The zero-order valence-electron chi connectivity index (χ0n) is 7.13. The largest absolute Gasteiger partial charge is 1.00 e. The van der Waals surface area contributed by atoms with E-state index < -0.39 is 0 Å². The quantitative estimate of drug-likeness (QED) is 0.489. The fourth-order valence-corrected chi connectivity index (χ4v) is 0.806. The number of benzene rings is 1. The number of phenolic OH excluding ortho intramolecular Hbond substituents is 1. The van der Waals surface area contributed by atoms with Crippen molar-refractivity contribution >= 4 is 0 Å². The molecule has 2 nitrogen and oxygen atoms in total. The minimum Gasteiger partial charge on any atom is -0.870 e. The SMILES string of the molecule is Cc1cccc(C)c1O.[Na+].[OH-]. The van der Waals surface area contributed by atoms with E-state index in [0.29, 0.717) is 5.75 Å². The second-order valence-corrected chi connectivity index (χ2v) is 2.24. The molecule has 1 aromatic rings. The van der Waals surface area contributed by atoms with E-state index >= 15 is 0 Å². The van der Waals surface area contributed by atoms with E-state index in [1.54, 1.807) is 0 Å². The first kappa shape index (κ1) is 13.6. The molecule has 0 aromatic heterocycles. The van der Waals surface area contributed by atoms with Gasteiger partial charge in [-0.2, -0.15) is 0 Å². The van der Waals surface area contributed by atoms with Gasteiger partial charge in [0, 0.05) is 0 Å². The summed E-state index contributed by atoms with van der Waals surface area (Å²) in [6.07, 6.45) is 0. The van der Waals surface area contributed by atoms with Gasteiger partial charge < -0.3 is 10.6 Å². The van der Waals surface area contributed by atoms with Crippen LogP contribution in [0.15, 0.2) is 18.2 Å². The summed E-state index contributed by atoms with van der Waals surface area (Å²) in [7, 11) is 0. The van der Waals surface area contributed by atoms with Gasteiger partial charge in [-0.05, 0) is 25.0 Å². The van der Waals surface area contributed by atoms with Crippen molar-refractivity contribution in [2.24, 2.45) is 0 Å². The van der Waals surface area contributed by atoms with E-state index in [0.717, 1.165) is 11.1 Å². The van der Waals surface area contributed by atoms with Crippen LogP contribution in [-0.4, -0.2) is 10.6 Å². The average Bonchev–Trinajstić information content (AvgIpc) is 1.83. The molecule has 3 heteroatoms. The molecule has 0 aliphatic heterocycles. The van der Waals surface area contributed by atoms with Crippen LogP contribution in [0.5, 0.6) is 5.75 Å². The molecule has 0 unspecified atom stereocenters. The second kappa shape index (κ2) is 5.61. The molecule has 0 spiro atoms. The van der Waals surface area contributed by atoms with Gasteiger partial charge in [-0.1, -0.05) is 18.2 Å². The molecule has 0 radical (unpaired) electrons. The zero-order valence-corrected chi connectivity index (χ0v) is 9.13. The molecule has 0 heterocycles. The summed E-state index contributed by atoms with van der Waals surface area (Å²) in [6.45, 7) is 3.78. The summed E-state index contributed by atoms with van der Waals surface area (Å²) >= 11 is 0. The molecule has 0 saturated carbocycles. The molecule has 1 aromatic carbocycles. The topological polar surface area (TPSA) is 50.2 Å². The van der Waals surface area contributed by atoms with E-state index in [1.165, 1.54) is 0 Å². The van der Waals surface area contributed by atoms with Crippen molar-refractivity contribution in [3.63, 3.8) is 0 Å². The standard InChI is InChI=1S/C8H10O.Na.H2O/c1-6-4-3-5-7(2)8(6)9;;/h3-5,9H,1-2H3;;1H2/q;+1;/p-1. The van der Waals surface area contributed by atoms with Gasteiger partial charge in [0.25, 0.3) is 0 Å². The Balaban J connectivity index is 0. The van der Waals surface area contributed by atoms with Gasteiger partial charge in [-0.25, -0.2) is 0 Å². The van der Waals surface area contributed by atoms with E-state index in [9.17, 15) is 5.11 Å². The third-order valence-electron chi connectivity index (χ3n) is 1.44. The molecule has 0 fully saturated rings. The van der Waals surface area contributed by atoms with Crippen LogP contribution in [0.25, 0.3) is 0 Å². The Labute approximate surface area is 88.8 Å². The zero-order chi connectivity index (χ0) is 6.85. The fourth-order valence-electron chi connectivity index (χ4n) is 0.806. The molecule has 11 heavy (non-hydrogen) atoms. The minimum atomic E-state index is 0. The van der Waals surface area contributed by atoms with Gasteiger partial charge in [0.15, 0.2) is 0 Å². The number of hydrogen-bond acceptors (Lipinski definition) is 2. The molecule has 0 bridgehead atoms. The van der Waals surface area contributed by atoms with Gasteiger partial charge in [-0.3, -0.25) is 0 Å². The Kier molecular flexibility index (Phi) is 6.91. The van der Waals surface area contributed by atoms with E-state index in [4.69, 9.17) is 0 Å². The molecular formula is C8H11NaO2. The third-order valence-corrected chi connectivity index (χ3v) is 1.44. The van der Waals surface area contributed by atoms with Crippen LogP contribution in [0.2, 0.25) is 0 Å². The Morgan fingerprint density at radius 3 is 1.73 bits per heavy atom. The van der Waals surface area contributed by atoms with Crippen molar-refractivity contribution in [1.29, 1.82) is 0 Å². The molecule has 0 saturated heterocycles. The normalized spacial score (nSPS) is 7.82. The molecule has 0 amide bonds. The number of aromatic hydroxyl groups is 1. The smallest absolute Gasteiger partial charge is 0.870 e. The Morgan fingerprint density at radius 1 is 1.09 bits per heavy atom. The van der Waals surface area contributed by atoms with Crippen LogP contribution in [0.1, 0.15) is 11.1 Å². The number of aryl methyl sites for hydroxylation is 2. The van der Waals surface area contributed by atoms with Gasteiger partial charge in [-0.15, -0.1) is 0 Å². The molecule has 0 aliphatic carbocycles. The molecule has 2 N–H and O–H groups in total. The molecule has 1 rings (SSSR count). The number of para-hydroxylation sites is 1. The maximum absolute atomic E-state index is 9.21. The maximum atomic E-state index is 9.21. The van der Waals surface area contributed by atoms with E-state index in [-0.39, 0.29) is 35.0 Å². The number of phenols is 1. The fraction of sp³-hybridized carbons (Fsp3) is 0.250. The van der Waals surface area contributed by atoms with Crippen LogP contribution < -0.4 is 29.6 Å². The van der Waals surface area contributed by atoms with Crippen molar-refractivity contribution in [2.75, 3.05) is 0 Å². The summed E-state index contributed by atoms with van der Waals surface area (Å²) in [5.74, 6) is 0.414. The Hall–Kier alpha value is -0.0200. The first-order valence-electron chi connectivity index (χ1n) is 2.97. The Morgan fingerprint density at radius 2 is 1.45 bits per heavy atom. The number of rotatable bonds is 0. The van der Waals surface area contributed by atoms with E-state index in [2.05, 4.69) is 0 Å². The van der Waals surface area contributed by atoms with Crippen molar-refractivity contribution in [1.82, 2.24) is 0 Å². The van der Waals surface area contributed by atoms with Crippen LogP contribution in [0, 0.1) is 13.8 Å². The van der Waals surface area contributed by atoms with Gasteiger partial charge in [0.05, 0.1) is 0 Å². The summed E-state index contributed by atoms with van der Waals surface area (Å²) < 4.78 is 0. The summed E-state index contributed by atoms with van der Waals surface area (Å²) in [5, 5.41) is 9.21. The Bertz CT molecular complexity index is 203. The van der Waals surface area contributed by atoms with Crippen molar-refractivity contribution in [2.45, 2.75) is 13.8 Å². The first-order valence-corrected chi connectivity index (χ1v) is 2.97. The first-order chi connectivity index (χ1) is 4.22. The average molecular weight is 162 g/mol. The predicted octanol–water partition coefficient (Wildman–Crippen LogP) is -1.16. The molecular weight excluding hydrogens is 151 g/mol. The van der Waals surface area contributed by atoms with Crippen LogP contribution in [0.3, 0.4) is 0 Å². The third kappa shape index (κ3) is 3.25. The number of hydrogen-bond donors (Lipinski definition) is 1. The second-order valence-electron chi connectivity index (χ2n) is 2.24. The summed E-state index contributed by atoms with van der Waals surface area (Å²) in [6, 6.07) is 5.72. The molecule has 0 aliphatic rings. The van der Waals surface area contributed by atoms with Gasteiger partial charge in [0.1, 0.15) is 5.75 Å². The predicted molar refractivity (Wildman–Crippen MR) is 39.5 cm³/mol. The van der Waals surface area contributed by atoms with Crippen molar-refractivity contribution in [3.8, 4) is 5.75 Å². The summed E-state index contributed by atoms with van der Waals surface area (Å²) in [4.78, 5) is 0. The van der Waals surface area contributed by atoms with Crippen LogP contribution in [-0.2, 0) is 0 Å². The summed E-state index contributed by atoms with van der Waals surface area (Å²) in [5.41, 5.74) is 1.88. The van der Waals surface area contributed by atoms with Crippen molar-refractivity contribution < 1.29 is 40.1 Å². The van der Waals surface area contributed by atoms with Gasteiger partial charge in [0.2, 0.25) is 0 Å². The van der Waals surface area contributed by atoms with Crippen molar-refractivity contribution in [3.05, 3.63) is 29.3 Å². The van der Waals surface area contributed by atoms with Crippen LogP contribution >= 0.6 is 0 Å². The van der Waals surface area contributed by atoms with E-state index in [1.807, 2.05) is 32.0 Å². The molecule has 56 valence electrons. The monoisotopic (exact) mass is 162 g/mol. The molecule has 0 atom stereocenters. The van der Waals surface area contributed by atoms with Gasteiger partial charge >= 0.3 is 29.6 Å². The maximum Gasteiger partial charge on any atom is 1.00 e.